The van der Waals surface area contributed by atoms with Gasteiger partial charge in [0.05, 0.1) is 11.2 Å². The van der Waals surface area contributed by atoms with E-state index in [9.17, 15) is 18.0 Å². The highest BCUT2D eigenvalue weighted by Gasteiger charge is 2.38. The van der Waals surface area contributed by atoms with E-state index >= 15 is 0 Å². The molecule has 0 unspecified atom stereocenters. The van der Waals surface area contributed by atoms with Crippen molar-refractivity contribution in [2.24, 2.45) is 0 Å². The third kappa shape index (κ3) is 9.36. The van der Waals surface area contributed by atoms with Gasteiger partial charge in [-0.05, 0) is 61.7 Å². The Balaban J connectivity index is 0.000000591. The van der Waals surface area contributed by atoms with E-state index in [1.54, 1.807) is 35.8 Å². The van der Waals surface area contributed by atoms with Crippen LogP contribution in [0.25, 0.3) is 10.6 Å². The van der Waals surface area contributed by atoms with Crippen LogP contribution in [0.15, 0.2) is 60.2 Å². The fourth-order valence-corrected chi connectivity index (χ4v) is 5.19. The molecule has 0 aliphatic carbocycles. The lowest BCUT2D eigenvalue weighted by Crippen LogP contribution is -2.38. The van der Waals surface area contributed by atoms with Crippen LogP contribution in [0, 0.1) is 6.92 Å². The summed E-state index contributed by atoms with van der Waals surface area (Å²) in [5, 5.41) is 14.6. The first-order chi connectivity index (χ1) is 21.4. The first-order valence-corrected chi connectivity index (χ1v) is 15.0. The van der Waals surface area contributed by atoms with Gasteiger partial charge in [0.2, 0.25) is 11.8 Å². The Bertz CT molecular complexity index is 1630. The molecule has 0 spiro atoms. The van der Waals surface area contributed by atoms with Crippen LogP contribution < -0.4 is 15.4 Å². The van der Waals surface area contributed by atoms with Crippen molar-refractivity contribution in [2.45, 2.75) is 38.5 Å². The third-order valence-electron chi connectivity index (χ3n) is 6.65. The second-order valence-corrected chi connectivity index (χ2v) is 11.3. The molecule has 1 fully saturated rings. The lowest BCUT2D eigenvalue weighted by molar-refractivity contribution is -0.192. The first kappa shape index (κ1) is 33.6. The molecule has 15 heteroatoms. The van der Waals surface area contributed by atoms with Crippen molar-refractivity contribution in [1.29, 1.82) is 0 Å². The van der Waals surface area contributed by atoms with E-state index in [0.29, 0.717) is 40.8 Å². The highest BCUT2D eigenvalue weighted by atomic mass is 35.5. The van der Waals surface area contributed by atoms with Crippen LogP contribution in [-0.4, -0.2) is 69.2 Å². The molecule has 1 amide bonds. The minimum Gasteiger partial charge on any atom is -0.475 e. The summed E-state index contributed by atoms with van der Waals surface area (Å²) in [7, 11) is 1.76. The number of carbonyl (C=O) groups is 2. The summed E-state index contributed by atoms with van der Waals surface area (Å²) in [5.41, 5.74) is 4.76. The summed E-state index contributed by atoms with van der Waals surface area (Å²) in [6.07, 6.45) is -1.14. The predicted molar refractivity (Wildman–Crippen MR) is 165 cm³/mol. The molecule has 4 aromatic rings. The number of nitrogens with one attached hydrogen (secondary N) is 2. The van der Waals surface area contributed by atoms with Gasteiger partial charge in [-0.15, -0.1) is 11.3 Å². The molecule has 10 nitrogen and oxygen atoms in total. The van der Waals surface area contributed by atoms with Gasteiger partial charge in [0.1, 0.15) is 10.6 Å². The van der Waals surface area contributed by atoms with E-state index in [1.807, 2.05) is 43.3 Å². The number of anilines is 1. The first-order valence-electron chi connectivity index (χ1n) is 13.7. The van der Waals surface area contributed by atoms with Gasteiger partial charge >= 0.3 is 12.1 Å². The van der Waals surface area contributed by atoms with E-state index in [1.165, 1.54) is 11.3 Å². The highest BCUT2D eigenvalue weighted by molar-refractivity contribution is 7.13. The second-order valence-electron chi connectivity index (χ2n) is 10.1. The van der Waals surface area contributed by atoms with Gasteiger partial charge in [-0.2, -0.15) is 13.2 Å². The van der Waals surface area contributed by atoms with Crippen LogP contribution in [0.5, 0.6) is 11.6 Å². The number of aliphatic carboxylic acids is 1. The summed E-state index contributed by atoms with van der Waals surface area (Å²) in [6.45, 7) is 4.28. The number of amides is 1. The second kappa shape index (κ2) is 15.1. The number of halogens is 4. The molecule has 1 saturated heterocycles. The molecule has 1 aliphatic rings. The summed E-state index contributed by atoms with van der Waals surface area (Å²) in [6, 6.07) is 15.1. The van der Waals surface area contributed by atoms with Crippen molar-refractivity contribution < 1.29 is 32.6 Å². The highest BCUT2D eigenvalue weighted by Crippen LogP contribution is 2.36. The summed E-state index contributed by atoms with van der Waals surface area (Å²) >= 11 is 7.73. The Kier molecular flexibility index (Phi) is 11.3. The number of aryl methyl sites for hydroxylation is 1. The third-order valence-corrected chi connectivity index (χ3v) is 7.85. The van der Waals surface area contributed by atoms with Gasteiger partial charge in [-0.25, -0.2) is 19.7 Å². The largest absolute Gasteiger partial charge is 0.490 e. The van der Waals surface area contributed by atoms with Crippen molar-refractivity contribution in [2.75, 3.05) is 25.5 Å². The van der Waals surface area contributed by atoms with Crippen molar-refractivity contribution in [3.05, 3.63) is 82.0 Å². The number of carbonyl (C=O) groups excluding carboxylic acids is 1. The van der Waals surface area contributed by atoms with Crippen molar-refractivity contribution >= 4 is 40.8 Å². The van der Waals surface area contributed by atoms with Crippen LogP contribution in [0.1, 0.15) is 34.3 Å². The average Bonchev–Trinajstić information content (AvgIpc) is 3.48. The molecule has 238 valence electrons. The Morgan fingerprint density at radius 2 is 1.96 bits per heavy atom. The summed E-state index contributed by atoms with van der Waals surface area (Å²) < 4.78 is 38.0. The van der Waals surface area contributed by atoms with Gasteiger partial charge in [-0.1, -0.05) is 35.9 Å². The van der Waals surface area contributed by atoms with Crippen LogP contribution in [0.4, 0.5) is 19.1 Å². The number of piperidine rings is 1. The standard InChI is InChI=1S/C28H29ClN6O2S.C2HF3O2/c1-18-9-10-19(27(36)35(2)16-20-6-3-4-8-22(20)29)14-24(18)37-26-25(38-17-32-26)23-11-13-31-28(34-23)33-21-7-5-12-30-15-21;3-2(4,5)1(6)7/h3-4,6,8-11,13-14,17,21,30H,5,7,12,15-16H2,1-2H3,(H,31,33,34);(H,6,7)/t21-;/m0./s1. The molecule has 5 rings (SSSR count). The predicted octanol–water partition coefficient (Wildman–Crippen LogP) is 6.42. The van der Waals surface area contributed by atoms with Crippen molar-refractivity contribution in [3.63, 3.8) is 0 Å². The zero-order chi connectivity index (χ0) is 32.6. The minimum absolute atomic E-state index is 0.128. The Morgan fingerprint density at radius 3 is 2.64 bits per heavy atom. The summed E-state index contributed by atoms with van der Waals surface area (Å²) in [5.74, 6) is -1.30. The molecule has 0 saturated carbocycles. The van der Waals surface area contributed by atoms with Crippen LogP contribution in [0.3, 0.4) is 0 Å². The Hall–Kier alpha value is -4.27. The topological polar surface area (TPSA) is 130 Å². The maximum absolute atomic E-state index is 13.2. The minimum atomic E-state index is -5.08. The smallest absolute Gasteiger partial charge is 0.475 e. The zero-order valence-electron chi connectivity index (χ0n) is 24.3. The number of benzene rings is 2. The molecule has 1 atom stereocenters. The molecule has 45 heavy (non-hydrogen) atoms. The fourth-order valence-electron chi connectivity index (χ4n) is 4.31. The number of carboxylic acids is 1. The molecule has 3 heterocycles. The number of alkyl halides is 3. The quantitative estimate of drug-likeness (QED) is 0.196. The number of rotatable bonds is 8. The Labute approximate surface area is 266 Å². The van der Waals surface area contributed by atoms with E-state index in [-0.39, 0.29) is 5.91 Å². The van der Waals surface area contributed by atoms with E-state index in [4.69, 9.17) is 31.2 Å². The molecule has 0 radical (unpaired) electrons. The van der Waals surface area contributed by atoms with Crippen LogP contribution >= 0.6 is 22.9 Å². The number of carboxylic acid groups (broad SMARTS) is 1. The van der Waals surface area contributed by atoms with Crippen LogP contribution in [0.2, 0.25) is 5.02 Å². The number of nitrogens with zero attached hydrogens (tertiary/aromatic N) is 4. The molecule has 0 bridgehead atoms. The van der Waals surface area contributed by atoms with E-state index in [0.717, 1.165) is 47.6 Å². The zero-order valence-corrected chi connectivity index (χ0v) is 25.8. The monoisotopic (exact) mass is 662 g/mol. The lowest BCUT2D eigenvalue weighted by Gasteiger charge is -2.23. The SMILES string of the molecule is Cc1ccc(C(=O)N(C)Cc2ccccc2Cl)cc1Oc1ncsc1-c1ccnc(N[C@H]2CCCNC2)n1.O=C(O)C(F)(F)F. The maximum atomic E-state index is 13.2. The van der Waals surface area contributed by atoms with E-state index < -0.39 is 12.1 Å². The van der Waals surface area contributed by atoms with Crippen molar-refractivity contribution in [1.82, 2.24) is 25.2 Å². The number of hydrogen-bond donors (Lipinski definition) is 3. The molecule has 2 aromatic heterocycles. The Morgan fingerprint density at radius 1 is 1.20 bits per heavy atom. The number of aromatic nitrogens is 3. The van der Waals surface area contributed by atoms with Crippen molar-refractivity contribution in [3.8, 4) is 22.2 Å². The van der Waals surface area contributed by atoms with Gasteiger partial charge in [0, 0.05) is 43.0 Å². The molecule has 3 N–H and O–H groups in total. The van der Waals surface area contributed by atoms with Gasteiger partial charge in [0.25, 0.3) is 5.91 Å². The lowest BCUT2D eigenvalue weighted by atomic mass is 10.1. The van der Waals surface area contributed by atoms with E-state index in [2.05, 4.69) is 20.6 Å². The number of thiazole rings is 1. The maximum Gasteiger partial charge on any atom is 0.490 e. The van der Waals surface area contributed by atoms with Crippen LogP contribution in [-0.2, 0) is 11.3 Å². The number of hydrogen-bond acceptors (Lipinski definition) is 9. The van der Waals surface area contributed by atoms with Gasteiger partial charge in [-0.3, -0.25) is 4.79 Å². The average molecular weight is 663 g/mol. The molecule has 2 aromatic carbocycles. The van der Waals surface area contributed by atoms with Gasteiger partial charge in [0.15, 0.2) is 0 Å². The normalized spacial score (nSPS) is 14.6. The molecular weight excluding hydrogens is 633 g/mol. The fraction of sp³-hybridized carbons (Fsp3) is 0.300. The number of ether oxygens (including phenoxy) is 1. The summed E-state index contributed by atoms with van der Waals surface area (Å²) in [4.78, 5) is 38.1. The molecular formula is C30H30ClF3N6O4S. The van der Waals surface area contributed by atoms with Gasteiger partial charge < -0.3 is 25.4 Å². The molecule has 1 aliphatic heterocycles.